The first-order valence-corrected chi connectivity index (χ1v) is 12.4. The van der Waals surface area contributed by atoms with Crippen LogP contribution in [-0.2, 0) is 23.9 Å². The fraction of sp³-hybridized carbons (Fsp3) is 0.720. The monoisotopic (exact) mass is 494 g/mol. The molecule has 0 spiro atoms. The number of aromatic nitrogens is 1. The van der Waals surface area contributed by atoms with E-state index in [1.54, 1.807) is 4.90 Å². The van der Waals surface area contributed by atoms with Gasteiger partial charge in [0.25, 0.3) is 0 Å². The number of hydrogen-bond acceptors (Lipinski definition) is 4. The fourth-order valence-electron chi connectivity index (χ4n) is 6.68. The third-order valence-corrected chi connectivity index (χ3v) is 8.32. The highest BCUT2D eigenvalue weighted by Crippen LogP contribution is 2.54. The zero-order chi connectivity index (χ0) is 25.3. The van der Waals surface area contributed by atoms with Crippen molar-refractivity contribution >= 4 is 12.0 Å². The number of fused-ring (bicyclic) bond motifs is 2. The lowest BCUT2D eigenvalue weighted by Crippen LogP contribution is -2.52. The van der Waals surface area contributed by atoms with Crippen LogP contribution in [0.15, 0.2) is 12.3 Å². The van der Waals surface area contributed by atoms with E-state index < -0.39 is 28.8 Å². The first-order chi connectivity index (χ1) is 16.3. The van der Waals surface area contributed by atoms with E-state index in [0.717, 1.165) is 31.6 Å². The smallest absolute Gasteiger partial charge is 0.417 e. The van der Waals surface area contributed by atoms with Gasteiger partial charge in [-0.05, 0) is 64.0 Å². The van der Waals surface area contributed by atoms with Gasteiger partial charge in [-0.15, -0.1) is 0 Å². The van der Waals surface area contributed by atoms with E-state index in [1.165, 1.54) is 4.90 Å². The summed E-state index contributed by atoms with van der Waals surface area (Å²) >= 11 is 0. The van der Waals surface area contributed by atoms with Gasteiger partial charge in [0.05, 0.1) is 11.0 Å². The zero-order valence-corrected chi connectivity index (χ0v) is 20.4. The number of pyridine rings is 1. The van der Waals surface area contributed by atoms with E-state index in [4.69, 9.17) is 0 Å². The molecule has 0 bridgehead atoms. The molecule has 5 rings (SSSR count). The second-order valence-corrected chi connectivity index (χ2v) is 11.7. The highest BCUT2D eigenvalue weighted by Gasteiger charge is 2.61. The van der Waals surface area contributed by atoms with E-state index in [2.05, 4.69) is 9.88 Å². The SMILES string of the molecule is CC(C)(C)N(C(=O)O)[C@@H]1C[C@H]2CN(C3CC3)C[C@@]2(C(=O)N2CCc3ncc(C(F)(F)F)cc3C2)C1. The van der Waals surface area contributed by atoms with Gasteiger partial charge in [0.2, 0.25) is 5.91 Å². The van der Waals surface area contributed by atoms with Gasteiger partial charge in [0, 0.05) is 62.1 Å². The maximum absolute atomic E-state index is 14.2. The van der Waals surface area contributed by atoms with Crippen LogP contribution in [0.1, 0.15) is 63.3 Å². The third kappa shape index (κ3) is 4.27. The summed E-state index contributed by atoms with van der Waals surface area (Å²) in [5, 5.41) is 9.98. The number of carbonyl (C=O) groups excluding carboxylic acids is 1. The minimum absolute atomic E-state index is 0.0332. The number of likely N-dealkylation sites (tertiary alicyclic amines) is 1. The van der Waals surface area contributed by atoms with Gasteiger partial charge >= 0.3 is 12.3 Å². The number of halogens is 3. The van der Waals surface area contributed by atoms with Crippen LogP contribution >= 0.6 is 0 Å². The minimum atomic E-state index is -4.49. The van der Waals surface area contributed by atoms with Crippen molar-refractivity contribution in [3.63, 3.8) is 0 Å². The van der Waals surface area contributed by atoms with E-state index in [1.807, 2.05) is 20.8 Å². The number of hydrogen-bond donors (Lipinski definition) is 1. The van der Waals surface area contributed by atoms with Crippen molar-refractivity contribution in [3.8, 4) is 0 Å². The number of amides is 2. The lowest BCUT2D eigenvalue weighted by Gasteiger charge is -2.40. The molecule has 1 aromatic rings. The molecule has 10 heteroatoms. The van der Waals surface area contributed by atoms with Crippen molar-refractivity contribution in [2.24, 2.45) is 11.3 Å². The number of rotatable bonds is 3. The number of carbonyl (C=O) groups is 2. The molecule has 7 nitrogen and oxygen atoms in total. The van der Waals surface area contributed by atoms with Crippen molar-refractivity contribution < 1.29 is 27.9 Å². The molecular weight excluding hydrogens is 461 g/mol. The van der Waals surface area contributed by atoms with Gasteiger partial charge in [0.15, 0.2) is 0 Å². The van der Waals surface area contributed by atoms with Crippen LogP contribution in [0.4, 0.5) is 18.0 Å². The Balaban J connectivity index is 1.43. The summed E-state index contributed by atoms with van der Waals surface area (Å²) in [4.78, 5) is 35.9. The second-order valence-electron chi connectivity index (χ2n) is 11.7. The van der Waals surface area contributed by atoms with Crippen LogP contribution in [0, 0.1) is 11.3 Å². The fourth-order valence-corrected chi connectivity index (χ4v) is 6.68. The summed E-state index contributed by atoms with van der Waals surface area (Å²) in [5.74, 6) is -0.0127. The molecule has 192 valence electrons. The van der Waals surface area contributed by atoms with Crippen LogP contribution in [0.2, 0.25) is 0 Å². The van der Waals surface area contributed by atoms with Gasteiger partial charge in [0.1, 0.15) is 0 Å². The molecule has 4 aliphatic rings. The lowest BCUT2D eigenvalue weighted by molar-refractivity contribution is -0.144. The van der Waals surface area contributed by atoms with Gasteiger partial charge in [-0.2, -0.15) is 13.2 Å². The van der Waals surface area contributed by atoms with Crippen LogP contribution < -0.4 is 0 Å². The Kier molecular flexibility index (Phi) is 5.62. The molecular formula is C25H33F3N4O3. The topological polar surface area (TPSA) is 77.0 Å². The van der Waals surface area contributed by atoms with Crippen molar-refractivity contribution in [3.05, 3.63) is 29.1 Å². The van der Waals surface area contributed by atoms with Gasteiger partial charge in [-0.1, -0.05) is 0 Å². The summed E-state index contributed by atoms with van der Waals surface area (Å²) in [6, 6.07) is 1.34. The van der Waals surface area contributed by atoms with Gasteiger partial charge in [-0.3, -0.25) is 14.7 Å². The van der Waals surface area contributed by atoms with Crippen molar-refractivity contribution in [2.75, 3.05) is 19.6 Å². The molecule has 0 unspecified atom stereocenters. The molecule has 2 saturated carbocycles. The van der Waals surface area contributed by atoms with Crippen LogP contribution in [0.5, 0.6) is 0 Å². The largest absolute Gasteiger partial charge is 0.465 e. The van der Waals surface area contributed by atoms with Crippen LogP contribution in [-0.4, -0.2) is 74.0 Å². The van der Waals surface area contributed by atoms with E-state index in [-0.39, 0.29) is 24.4 Å². The van der Waals surface area contributed by atoms with Crippen molar-refractivity contribution in [1.29, 1.82) is 0 Å². The Hall–Kier alpha value is -2.36. The number of carboxylic acid groups (broad SMARTS) is 1. The second kappa shape index (κ2) is 8.08. The molecule has 3 atom stereocenters. The number of alkyl halides is 3. The summed E-state index contributed by atoms with van der Waals surface area (Å²) in [6.45, 7) is 7.49. The highest BCUT2D eigenvalue weighted by molar-refractivity contribution is 5.85. The Morgan fingerprint density at radius 3 is 2.54 bits per heavy atom. The van der Waals surface area contributed by atoms with E-state index in [9.17, 15) is 27.9 Å². The molecule has 2 aliphatic carbocycles. The molecule has 2 amide bonds. The van der Waals surface area contributed by atoms with E-state index in [0.29, 0.717) is 49.7 Å². The Bertz CT molecular complexity index is 1040. The van der Waals surface area contributed by atoms with E-state index >= 15 is 0 Å². The highest BCUT2D eigenvalue weighted by atomic mass is 19.4. The Labute approximate surface area is 203 Å². The van der Waals surface area contributed by atoms with Crippen molar-refractivity contribution in [2.45, 2.75) is 83.2 Å². The quantitative estimate of drug-likeness (QED) is 0.687. The standard InChI is InChI=1S/C25H33F3N4O3/c1-23(2,3)32(22(34)35)19-9-17-13-31(18-4-5-18)14-24(17,10-19)21(33)30-7-6-20-15(12-30)8-16(11-29-20)25(26,27)28/h8,11,17-19H,4-7,9-10,12-14H2,1-3H3,(H,34,35)/t17-,19+,24-/m0/s1. The molecule has 1 aromatic heterocycles. The number of nitrogens with zero attached hydrogens (tertiary/aromatic N) is 4. The normalized spacial score (nSPS) is 29.1. The van der Waals surface area contributed by atoms with Gasteiger partial charge < -0.3 is 14.9 Å². The summed E-state index contributed by atoms with van der Waals surface area (Å²) < 4.78 is 39.8. The van der Waals surface area contributed by atoms with Crippen molar-refractivity contribution in [1.82, 2.24) is 19.7 Å². The molecule has 3 heterocycles. The summed E-state index contributed by atoms with van der Waals surface area (Å²) in [5.41, 5.74) is -1.06. The predicted molar refractivity (Wildman–Crippen MR) is 122 cm³/mol. The maximum atomic E-state index is 14.2. The molecule has 1 saturated heterocycles. The molecule has 1 N–H and O–H groups in total. The minimum Gasteiger partial charge on any atom is -0.465 e. The predicted octanol–water partition coefficient (Wildman–Crippen LogP) is 4.01. The molecule has 3 fully saturated rings. The Morgan fingerprint density at radius 2 is 1.94 bits per heavy atom. The third-order valence-electron chi connectivity index (χ3n) is 8.32. The first-order valence-electron chi connectivity index (χ1n) is 12.4. The average Bonchev–Trinajstić information content (AvgIpc) is 3.45. The zero-order valence-electron chi connectivity index (χ0n) is 20.4. The lowest BCUT2D eigenvalue weighted by atomic mass is 9.78. The summed E-state index contributed by atoms with van der Waals surface area (Å²) in [7, 11) is 0. The van der Waals surface area contributed by atoms with Crippen LogP contribution in [0.25, 0.3) is 0 Å². The molecule has 0 radical (unpaired) electrons. The van der Waals surface area contributed by atoms with Crippen LogP contribution in [0.3, 0.4) is 0 Å². The molecule has 0 aromatic carbocycles. The van der Waals surface area contributed by atoms with Gasteiger partial charge in [-0.25, -0.2) is 4.79 Å². The average molecular weight is 495 g/mol. The molecule has 35 heavy (non-hydrogen) atoms. The first kappa shape index (κ1) is 24.3. The summed E-state index contributed by atoms with van der Waals surface area (Å²) in [6.07, 6.45) is -0.875. The molecule has 2 aliphatic heterocycles. The Morgan fingerprint density at radius 1 is 1.23 bits per heavy atom. The maximum Gasteiger partial charge on any atom is 0.417 e.